The second kappa shape index (κ2) is 3.14. The SMILES string of the molecule is CNC12CCC(C(=O)OC)(C1)C2.Cl. The molecule has 0 saturated heterocycles. The van der Waals surface area contributed by atoms with Gasteiger partial charge in [0.25, 0.3) is 0 Å². The summed E-state index contributed by atoms with van der Waals surface area (Å²) < 4.78 is 4.80. The molecule has 0 heterocycles. The van der Waals surface area contributed by atoms with Gasteiger partial charge >= 0.3 is 5.97 Å². The lowest BCUT2D eigenvalue weighted by atomic mass is 9.65. The second-order valence-electron chi connectivity index (χ2n) is 4.16. The van der Waals surface area contributed by atoms with Crippen molar-refractivity contribution in [2.45, 2.75) is 31.2 Å². The molecule has 3 fully saturated rings. The number of methoxy groups -OCH3 is 1. The number of nitrogens with one attached hydrogen (secondary N) is 1. The Labute approximate surface area is 84.6 Å². The number of hydrogen-bond acceptors (Lipinski definition) is 3. The average Bonchev–Trinajstić information content (AvgIpc) is 2.57. The minimum atomic E-state index is -0.113. The Morgan fingerprint density at radius 3 is 2.38 bits per heavy atom. The molecule has 0 spiro atoms. The van der Waals surface area contributed by atoms with E-state index in [2.05, 4.69) is 5.32 Å². The number of carbonyl (C=O) groups is 1. The van der Waals surface area contributed by atoms with Gasteiger partial charge in [0.2, 0.25) is 0 Å². The molecule has 0 aromatic rings. The van der Waals surface area contributed by atoms with E-state index in [1.54, 1.807) is 0 Å². The molecule has 0 radical (unpaired) electrons. The van der Waals surface area contributed by atoms with Gasteiger partial charge in [0, 0.05) is 5.54 Å². The van der Waals surface area contributed by atoms with Crippen LogP contribution in [-0.4, -0.2) is 25.7 Å². The fourth-order valence-corrected chi connectivity index (χ4v) is 2.84. The van der Waals surface area contributed by atoms with E-state index in [1.165, 1.54) is 7.11 Å². The number of carbonyl (C=O) groups excluding carboxylic acids is 1. The first kappa shape index (κ1) is 10.8. The highest BCUT2D eigenvalue weighted by Crippen LogP contribution is 2.61. The van der Waals surface area contributed by atoms with Gasteiger partial charge < -0.3 is 10.1 Å². The number of rotatable bonds is 2. The van der Waals surface area contributed by atoms with E-state index in [1.807, 2.05) is 7.05 Å². The molecule has 3 aliphatic rings. The fraction of sp³-hybridized carbons (Fsp3) is 0.889. The maximum absolute atomic E-state index is 11.4. The van der Waals surface area contributed by atoms with Gasteiger partial charge in [-0.15, -0.1) is 12.4 Å². The predicted octanol–water partition coefficient (Wildman–Crippen LogP) is 1.11. The van der Waals surface area contributed by atoms with Crippen molar-refractivity contribution in [3.63, 3.8) is 0 Å². The summed E-state index contributed by atoms with van der Waals surface area (Å²) in [7, 11) is 3.46. The number of hydrogen-bond donors (Lipinski definition) is 1. The Hall–Kier alpha value is -0.280. The first-order chi connectivity index (χ1) is 5.66. The Bertz CT molecular complexity index is 224. The topological polar surface area (TPSA) is 38.3 Å². The molecule has 0 atom stereocenters. The van der Waals surface area contributed by atoms with Gasteiger partial charge in [0.15, 0.2) is 0 Å². The third kappa shape index (κ3) is 1.25. The molecule has 3 nitrogen and oxygen atoms in total. The molecule has 0 amide bonds. The molecule has 3 rings (SSSR count). The highest BCUT2D eigenvalue weighted by atomic mass is 35.5. The van der Waals surface area contributed by atoms with Crippen molar-refractivity contribution in [3.8, 4) is 0 Å². The van der Waals surface area contributed by atoms with Crippen molar-refractivity contribution in [3.05, 3.63) is 0 Å². The summed E-state index contributed by atoms with van der Waals surface area (Å²) >= 11 is 0. The molecule has 0 aromatic heterocycles. The Morgan fingerprint density at radius 1 is 1.38 bits per heavy atom. The quantitative estimate of drug-likeness (QED) is 0.687. The van der Waals surface area contributed by atoms with Gasteiger partial charge in [0.05, 0.1) is 12.5 Å². The van der Waals surface area contributed by atoms with E-state index >= 15 is 0 Å². The van der Waals surface area contributed by atoms with Crippen LogP contribution < -0.4 is 5.32 Å². The van der Waals surface area contributed by atoms with Gasteiger partial charge in [-0.1, -0.05) is 0 Å². The molecule has 76 valence electrons. The van der Waals surface area contributed by atoms with Gasteiger partial charge in [-0.05, 0) is 32.7 Å². The second-order valence-corrected chi connectivity index (χ2v) is 4.16. The molecule has 1 N–H and O–H groups in total. The van der Waals surface area contributed by atoms with Gasteiger partial charge in [-0.3, -0.25) is 4.79 Å². The van der Waals surface area contributed by atoms with Crippen LogP contribution in [0.1, 0.15) is 25.7 Å². The van der Waals surface area contributed by atoms with Crippen LogP contribution in [0.2, 0.25) is 0 Å². The maximum Gasteiger partial charge on any atom is 0.311 e. The number of esters is 1. The van der Waals surface area contributed by atoms with E-state index in [4.69, 9.17) is 4.74 Å². The van der Waals surface area contributed by atoms with Crippen LogP contribution in [0, 0.1) is 5.41 Å². The maximum atomic E-state index is 11.4. The zero-order valence-corrected chi connectivity index (χ0v) is 8.87. The molecule has 0 unspecified atom stereocenters. The molecule has 2 bridgehead atoms. The van der Waals surface area contributed by atoms with Crippen molar-refractivity contribution in [2.24, 2.45) is 5.41 Å². The standard InChI is InChI=1S/C9H15NO2.ClH/c1-10-9-4-3-8(5-9,6-9)7(11)12-2;/h10H,3-6H2,1-2H3;1H. The molecule has 0 aromatic carbocycles. The third-order valence-corrected chi connectivity index (χ3v) is 3.58. The van der Waals surface area contributed by atoms with Gasteiger partial charge in [-0.2, -0.15) is 0 Å². The van der Waals surface area contributed by atoms with Crippen molar-refractivity contribution >= 4 is 18.4 Å². The van der Waals surface area contributed by atoms with Crippen molar-refractivity contribution in [1.82, 2.24) is 5.32 Å². The fourth-order valence-electron chi connectivity index (χ4n) is 2.84. The van der Waals surface area contributed by atoms with E-state index < -0.39 is 0 Å². The van der Waals surface area contributed by atoms with Crippen molar-refractivity contribution < 1.29 is 9.53 Å². The summed E-state index contributed by atoms with van der Waals surface area (Å²) in [5.41, 5.74) is 0.159. The highest BCUT2D eigenvalue weighted by molar-refractivity contribution is 5.85. The van der Waals surface area contributed by atoms with E-state index in [9.17, 15) is 4.79 Å². The number of ether oxygens (including phenoxy) is 1. The predicted molar refractivity (Wildman–Crippen MR) is 52.0 cm³/mol. The molecule has 3 aliphatic carbocycles. The minimum Gasteiger partial charge on any atom is -0.469 e. The van der Waals surface area contributed by atoms with Crippen molar-refractivity contribution in [1.29, 1.82) is 0 Å². The Kier molecular flexibility index (Phi) is 2.61. The lowest BCUT2D eigenvalue weighted by molar-refractivity contribution is -0.158. The largest absolute Gasteiger partial charge is 0.469 e. The highest BCUT2D eigenvalue weighted by Gasteiger charge is 2.64. The zero-order valence-electron chi connectivity index (χ0n) is 8.05. The van der Waals surface area contributed by atoms with Gasteiger partial charge in [-0.25, -0.2) is 0 Å². The summed E-state index contributed by atoms with van der Waals surface area (Å²) in [5, 5.41) is 3.30. The van der Waals surface area contributed by atoms with Crippen molar-refractivity contribution in [2.75, 3.05) is 14.2 Å². The normalized spacial score (nSPS) is 40.5. The lowest BCUT2D eigenvalue weighted by Crippen LogP contribution is -2.55. The smallest absolute Gasteiger partial charge is 0.311 e. The van der Waals surface area contributed by atoms with E-state index in [0.717, 1.165) is 25.7 Å². The Morgan fingerprint density at radius 2 is 2.00 bits per heavy atom. The van der Waals surface area contributed by atoms with Crippen LogP contribution in [0.15, 0.2) is 0 Å². The lowest BCUT2D eigenvalue weighted by Gasteiger charge is -2.45. The molecular weight excluding hydrogens is 190 g/mol. The first-order valence-corrected chi connectivity index (χ1v) is 4.44. The summed E-state index contributed by atoms with van der Waals surface area (Å²) in [6.07, 6.45) is 4.07. The number of fused-ring (bicyclic) bond motifs is 1. The number of halogens is 1. The molecule has 4 heteroatoms. The minimum absolute atomic E-state index is 0. The van der Waals surface area contributed by atoms with Crippen LogP contribution in [0.5, 0.6) is 0 Å². The molecule has 3 saturated carbocycles. The first-order valence-electron chi connectivity index (χ1n) is 4.44. The molecule has 0 aliphatic heterocycles. The van der Waals surface area contributed by atoms with Crippen LogP contribution in [-0.2, 0) is 9.53 Å². The molecular formula is C9H16ClNO2. The third-order valence-electron chi connectivity index (χ3n) is 3.58. The van der Waals surface area contributed by atoms with Gasteiger partial charge in [0.1, 0.15) is 0 Å². The zero-order chi connectivity index (χ0) is 8.82. The molecule has 13 heavy (non-hydrogen) atoms. The summed E-state index contributed by atoms with van der Waals surface area (Å²) in [4.78, 5) is 11.4. The van der Waals surface area contributed by atoms with Crippen LogP contribution >= 0.6 is 12.4 Å². The van der Waals surface area contributed by atoms with E-state index in [-0.39, 0.29) is 29.3 Å². The van der Waals surface area contributed by atoms with Crippen LogP contribution in [0.25, 0.3) is 0 Å². The average molecular weight is 206 g/mol. The summed E-state index contributed by atoms with van der Waals surface area (Å²) in [5.74, 6) is -0.00845. The Balaban J connectivity index is 0.000000845. The van der Waals surface area contributed by atoms with Crippen LogP contribution in [0.3, 0.4) is 0 Å². The summed E-state index contributed by atoms with van der Waals surface area (Å²) in [6, 6.07) is 0. The monoisotopic (exact) mass is 205 g/mol. The summed E-state index contributed by atoms with van der Waals surface area (Å²) in [6.45, 7) is 0. The van der Waals surface area contributed by atoms with E-state index in [0.29, 0.717) is 0 Å². The van der Waals surface area contributed by atoms with Crippen LogP contribution in [0.4, 0.5) is 0 Å².